The van der Waals surface area contributed by atoms with Crippen molar-refractivity contribution in [3.8, 4) is 0 Å². The van der Waals surface area contributed by atoms with Gasteiger partial charge >= 0.3 is 0 Å². The normalized spacial score (nSPS) is 10.9. The monoisotopic (exact) mass is 229 g/mol. The van der Waals surface area contributed by atoms with Crippen molar-refractivity contribution < 1.29 is 4.79 Å². The van der Waals surface area contributed by atoms with Crippen molar-refractivity contribution in [3.63, 3.8) is 0 Å². The van der Waals surface area contributed by atoms with Gasteiger partial charge in [0.15, 0.2) is 6.29 Å². The van der Waals surface area contributed by atoms with Crippen molar-refractivity contribution in [2.75, 3.05) is 0 Å². The number of aromatic nitrogens is 1. The molecule has 0 fully saturated rings. The average Bonchev–Trinajstić information content (AvgIpc) is 2.84. The number of benzene rings is 1. The topological polar surface area (TPSA) is 32.9 Å². The Labute approximate surface area is 102 Å². The van der Waals surface area contributed by atoms with E-state index in [1.807, 2.05) is 12.3 Å². The van der Waals surface area contributed by atoms with Crippen LogP contribution in [0.25, 0.3) is 10.9 Å². The van der Waals surface area contributed by atoms with Gasteiger partial charge in [-0.1, -0.05) is 32.3 Å². The first kappa shape index (κ1) is 11.9. The van der Waals surface area contributed by atoms with Crippen LogP contribution in [0.4, 0.5) is 0 Å². The molecule has 2 aromatic rings. The summed E-state index contributed by atoms with van der Waals surface area (Å²) in [6.07, 6.45) is 9.03. The molecule has 0 aliphatic heterocycles. The number of hydrogen-bond donors (Lipinski definition) is 1. The van der Waals surface area contributed by atoms with Gasteiger partial charge in [-0.2, -0.15) is 0 Å². The fourth-order valence-electron chi connectivity index (χ4n) is 2.30. The smallest absolute Gasteiger partial charge is 0.152 e. The maximum atomic E-state index is 10.9. The number of carbonyl (C=O) groups is 1. The van der Waals surface area contributed by atoms with Crippen LogP contribution in [0, 0.1) is 0 Å². The molecule has 1 heterocycles. The van der Waals surface area contributed by atoms with E-state index in [0.29, 0.717) is 0 Å². The zero-order valence-electron chi connectivity index (χ0n) is 10.3. The van der Waals surface area contributed by atoms with Crippen LogP contribution >= 0.6 is 0 Å². The summed E-state index contributed by atoms with van der Waals surface area (Å²) in [7, 11) is 0. The van der Waals surface area contributed by atoms with E-state index in [-0.39, 0.29) is 0 Å². The van der Waals surface area contributed by atoms with Crippen LogP contribution in [0.15, 0.2) is 24.4 Å². The third-order valence-electron chi connectivity index (χ3n) is 3.27. The summed E-state index contributed by atoms with van der Waals surface area (Å²) in [6.45, 7) is 2.23. The molecule has 0 bridgehead atoms. The summed E-state index contributed by atoms with van der Waals surface area (Å²) >= 11 is 0. The summed E-state index contributed by atoms with van der Waals surface area (Å²) in [4.78, 5) is 14.1. The molecule has 0 radical (unpaired) electrons. The molecule has 1 aromatic carbocycles. The molecule has 90 valence electrons. The second kappa shape index (κ2) is 5.67. The Bertz CT molecular complexity index is 499. The molecule has 2 nitrogen and oxygen atoms in total. The first-order chi connectivity index (χ1) is 8.36. The molecule has 0 spiro atoms. The standard InChI is InChI=1S/C15H19NO/c1-2-3-4-5-6-12-7-8-13(11-17)15-14(12)9-10-16-15/h7-11,16H,2-6H2,1H3. The van der Waals surface area contributed by atoms with Crippen LogP contribution in [0.3, 0.4) is 0 Å². The van der Waals surface area contributed by atoms with Crippen molar-refractivity contribution in [2.24, 2.45) is 0 Å². The maximum absolute atomic E-state index is 10.9. The number of fused-ring (bicyclic) bond motifs is 1. The number of nitrogens with one attached hydrogen (secondary N) is 1. The van der Waals surface area contributed by atoms with E-state index < -0.39 is 0 Å². The van der Waals surface area contributed by atoms with Gasteiger partial charge in [-0.3, -0.25) is 4.79 Å². The third kappa shape index (κ3) is 2.57. The highest BCUT2D eigenvalue weighted by Gasteiger charge is 2.06. The molecule has 1 aromatic heterocycles. The molecule has 2 heteroatoms. The number of hydrogen-bond acceptors (Lipinski definition) is 1. The molecule has 1 N–H and O–H groups in total. The van der Waals surface area contributed by atoms with Crippen molar-refractivity contribution in [3.05, 3.63) is 35.5 Å². The van der Waals surface area contributed by atoms with E-state index >= 15 is 0 Å². The lowest BCUT2D eigenvalue weighted by Gasteiger charge is -2.04. The Hall–Kier alpha value is -1.57. The predicted molar refractivity (Wildman–Crippen MR) is 71.5 cm³/mol. The van der Waals surface area contributed by atoms with Gasteiger partial charge in [0.05, 0.1) is 5.52 Å². The summed E-state index contributed by atoms with van der Waals surface area (Å²) in [5, 5.41) is 1.20. The first-order valence-corrected chi connectivity index (χ1v) is 6.41. The lowest BCUT2D eigenvalue weighted by molar-refractivity contribution is 0.112. The van der Waals surface area contributed by atoms with E-state index in [9.17, 15) is 4.79 Å². The van der Waals surface area contributed by atoms with Crippen LogP contribution < -0.4 is 0 Å². The summed E-state index contributed by atoms with van der Waals surface area (Å²) in [5.41, 5.74) is 3.08. The highest BCUT2D eigenvalue weighted by molar-refractivity contribution is 5.97. The molecule has 0 saturated heterocycles. The van der Waals surface area contributed by atoms with E-state index in [0.717, 1.165) is 23.8 Å². The van der Waals surface area contributed by atoms with Crippen LogP contribution in [0.2, 0.25) is 0 Å². The van der Waals surface area contributed by atoms with Crippen LogP contribution in [-0.2, 0) is 6.42 Å². The Morgan fingerprint density at radius 1 is 1.18 bits per heavy atom. The Balaban J connectivity index is 2.17. The Kier molecular flexibility index (Phi) is 3.97. The van der Waals surface area contributed by atoms with Crippen LogP contribution in [-0.4, -0.2) is 11.3 Å². The fraction of sp³-hybridized carbons (Fsp3) is 0.400. The third-order valence-corrected chi connectivity index (χ3v) is 3.27. The van der Waals surface area contributed by atoms with Crippen molar-refractivity contribution >= 4 is 17.2 Å². The molecular formula is C15H19NO. The molecule has 0 aliphatic carbocycles. The predicted octanol–water partition coefficient (Wildman–Crippen LogP) is 4.10. The number of aldehydes is 1. The molecule has 0 amide bonds. The highest BCUT2D eigenvalue weighted by atomic mass is 16.1. The molecule has 0 atom stereocenters. The lowest BCUT2D eigenvalue weighted by atomic mass is 10.0. The van der Waals surface area contributed by atoms with Gasteiger partial charge in [0.25, 0.3) is 0 Å². The zero-order valence-corrected chi connectivity index (χ0v) is 10.3. The van der Waals surface area contributed by atoms with E-state index in [4.69, 9.17) is 0 Å². The van der Waals surface area contributed by atoms with Gasteiger partial charge in [0, 0.05) is 17.1 Å². The van der Waals surface area contributed by atoms with Gasteiger partial charge < -0.3 is 4.98 Å². The second-order valence-corrected chi connectivity index (χ2v) is 4.51. The minimum Gasteiger partial charge on any atom is -0.361 e. The quantitative estimate of drug-likeness (QED) is 0.587. The minimum atomic E-state index is 0.752. The molecule has 0 saturated carbocycles. The Morgan fingerprint density at radius 2 is 2.06 bits per heavy atom. The molecule has 2 rings (SSSR count). The number of H-pyrrole nitrogens is 1. The van der Waals surface area contributed by atoms with Gasteiger partial charge in [0.2, 0.25) is 0 Å². The number of carbonyl (C=O) groups excluding carboxylic acids is 1. The van der Waals surface area contributed by atoms with Gasteiger partial charge in [-0.05, 0) is 30.5 Å². The number of rotatable bonds is 6. The Morgan fingerprint density at radius 3 is 2.82 bits per heavy atom. The van der Waals surface area contributed by atoms with E-state index in [1.165, 1.54) is 36.6 Å². The summed E-state index contributed by atoms with van der Waals surface area (Å²) < 4.78 is 0. The fourth-order valence-corrected chi connectivity index (χ4v) is 2.30. The van der Waals surface area contributed by atoms with Crippen molar-refractivity contribution in [2.45, 2.75) is 39.0 Å². The van der Waals surface area contributed by atoms with Gasteiger partial charge in [0.1, 0.15) is 0 Å². The van der Waals surface area contributed by atoms with Crippen LogP contribution in [0.5, 0.6) is 0 Å². The average molecular weight is 229 g/mol. The minimum absolute atomic E-state index is 0.752. The van der Waals surface area contributed by atoms with Gasteiger partial charge in [-0.15, -0.1) is 0 Å². The maximum Gasteiger partial charge on any atom is 0.152 e. The molecule has 17 heavy (non-hydrogen) atoms. The molecular weight excluding hydrogens is 210 g/mol. The highest BCUT2D eigenvalue weighted by Crippen LogP contribution is 2.22. The zero-order chi connectivity index (χ0) is 12.1. The van der Waals surface area contributed by atoms with E-state index in [1.54, 1.807) is 0 Å². The van der Waals surface area contributed by atoms with Crippen molar-refractivity contribution in [1.82, 2.24) is 4.98 Å². The number of aryl methyl sites for hydroxylation is 1. The summed E-state index contributed by atoms with van der Waals surface area (Å²) in [5.74, 6) is 0. The van der Waals surface area contributed by atoms with Gasteiger partial charge in [-0.25, -0.2) is 0 Å². The SMILES string of the molecule is CCCCCCc1ccc(C=O)c2[nH]ccc12. The second-order valence-electron chi connectivity index (χ2n) is 4.51. The number of aromatic amines is 1. The van der Waals surface area contributed by atoms with Crippen molar-refractivity contribution in [1.29, 1.82) is 0 Å². The summed E-state index contributed by atoms with van der Waals surface area (Å²) in [6, 6.07) is 6.07. The van der Waals surface area contributed by atoms with Crippen LogP contribution in [0.1, 0.15) is 48.5 Å². The van der Waals surface area contributed by atoms with E-state index in [2.05, 4.69) is 24.0 Å². The molecule has 0 aliphatic rings. The number of unbranched alkanes of at least 4 members (excludes halogenated alkanes) is 3. The first-order valence-electron chi connectivity index (χ1n) is 6.41. The lowest BCUT2D eigenvalue weighted by Crippen LogP contribution is -1.90. The largest absolute Gasteiger partial charge is 0.361 e. The molecule has 0 unspecified atom stereocenters.